The molecule has 0 saturated carbocycles. The van der Waals surface area contributed by atoms with Crippen molar-refractivity contribution in [1.82, 2.24) is 20.4 Å². The van der Waals surface area contributed by atoms with E-state index in [2.05, 4.69) is 27.3 Å². The van der Waals surface area contributed by atoms with Gasteiger partial charge in [-0.05, 0) is 69.6 Å². The first-order chi connectivity index (χ1) is 12.0. The van der Waals surface area contributed by atoms with Gasteiger partial charge in [-0.25, -0.2) is 4.39 Å². The van der Waals surface area contributed by atoms with E-state index in [9.17, 15) is 9.18 Å². The third kappa shape index (κ3) is 4.25. The fraction of sp³-hybridized carbons (Fsp3) is 0.474. The average molecular weight is 344 g/mol. The van der Waals surface area contributed by atoms with Crippen LogP contribution in [0, 0.1) is 12.7 Å². The molecule has 0 radical (unpaired) electrons. The number of aryl methyl sites for hydroxylation is 1. The molecule has 134 valence electrons. The maximum absolute atomic E-state index is 13.4. The standard InChI is InChI=1S/C19H25FN4O/c1-13-10-15(6-7-16(13)20)17-11-18(23-22-17)19(25)21-12-14(2)24-8-4-3-5-9-24/h6-7,10-11,14H,3-5,8-9,12H2,1-2H3,(H,21,25)(H,22,23). The van der Waals surface area contributed by atoms with Crippen molar-refractivity contribution >= 4 is 5.91 Å². The molecule has 2 aromatic rings. The van der Waals surface area contributed by atoms with Gasteiger partial charge in [0.1, 0.15) is 11.5 Å². The Morgan fingerprint density at radius 3 is 2.80 bits per heavy atom. The van der Waals surface area contributed by atoms with Crippen LogP contribution in [-0.2, 0) is 0 Å². The van der Waals surface area contributed by atoms with Crippen LogP contribution in [0.15, 0.2) is 24.3 Å². The highest BCUT2D eigenvalue weighted by Crippen LogP contribution is 2.20. The van der Waals surface area contributed by atoms with Crippen LogP contribution in [0.4, 0.5) is 4.39 Å². The molecule has 0 bridgehead atoms. The van der Waals surface area contributed by atoms with Gasteiger partial charge in [0.15, 0.2) is 0 Å². The first-order valence-electron chi connectivity index (χ1n) is 8.89. The number of hydrogen-bond donors (Lipinski definition) is 2. The molecule has 1 amide bonds. The van der Waals surface area contributed by atoms with E-state index in [1.165, 1.54) is 25.3 Å². The molecule has 0 aliphatic carbocycles. The Morgan fingerprint density at radius 2 is 2.08 bits per heavy atom. The van der Waals surface area contributed by atoms with Crippen molar-refractivity contribution in [3.8, 4) is 11.3 Å². The van der Waals surface area contributed by atoms with Gasteiger partial charge >= 0.3 is 0 Å². The van der Waals surface area contributed by atoms with Gasteiger partial charge in [0.25, 0.3) is 5.91 Å². The summed E-state index contributed by atoms with van der Waals surface area (Å²) in [5, 5.41) is 9.92. The number of likely N-dealkylation sites (tertiary alicyclic amines) is 1. The Labute approximate surface area is 147 Å². The highest BCUT2D eigenvalue weighted by Gasteiger charge is 2.18. The van der Waals surface area contributed by atoms with E-state index in [1.54, 1.807) is 25.1 Å². The van der Waals surface area contributed by atoms with Crippen LogP contribution in [0.3, 0.4) is 0 Å². The van der Waals surface area contributed by atoms with Crippen molar-refractivity contribution in [2.45, 2.75) is 39.2 Å². The van der Waals surface area contributed by atoms with Crippen LogP contribution < -0.4 is 5.32 Å². The third-order valence-electron chi connectivity index (χ3n) is 4.85. The van der Waals surface area contributed by atoms with Crippen molar-refractivity contribution in [2.75, 3.05) is 19.6 Å². The molecule has 3 rings (SSSR count). The summed E-state index contributed by atoms with van der Waals surface area (Å²) in [6.45, 7) is 6.68. The number of benzene rings is 1. The number of hydrogen-bond acceptors (Lipinski definition) is 3. The first kappa shape index (κ1) is 17.6. The summed E-state index contributed by atoms with van der Waals surface area (Å²) < 4.78 is 13.4. The second-order valence-electron chi connectivity index (χ2n) is 6.79. The fourth-order valence-electron chi connectivity index (χ4n) is 3.21. The number of aromatic amines is 1. The van der Waals surface area contributed by atoms with Crippen LogP contribution in [0.5, 0.6) is 0 Å². The zero-order chi connectivity index (χ0) is 17.8. The van der Waals surface area contributed by atoms with E-state index in [0.29, 0.717) is 29.5 Å². The van der Waals surface area contributed by atoms with Crippen molar-refractivity contribution in [3.05, 3.63) is 41.3 Å². The molecule has 25 heavy (non-hydrogen) atoms. The molecule has 2 N–H and O–H groups in total. The fourth-order valence-corrected chi connectivity index (χ4v) is 3.21. The van der Waals surface area contributed by atoms with Crippen molar-refractivity contribution in [2.24, 2.45) is 0 Å². The van der Waals surface area contributed by atoms with Crippen molar-refractivity contribution < 1.29 is 9.18 Å². The van der Waals surface area contributed by atoms with Gasteiger partial charge in [-0.1, -0.05) is 6.42 Å². The molecule has 5 nitrogen and oxygen atoms in total. The summed E-state index contributed by atoms with van der Waals surface area (Å²) in [4.78, 5) is 14.8. The zero-order valence-corrected chi connectivity index (χ0v) is 14.8. The predicted octanol–water partition coefficient (Wildman–Crippen LogP) is 3.13. The van der Waals surface area contributed by atoms with Gasteiger partial charge in [-0.3, -0.25) is 14.8 Å². The Hall–Kier alpha value is -2.21. The molecule has 0 spiro atoms. The zero-order valence-electron chi connectivity index (χ0n) is 14.8. The summed E-state index contributed by atoms with van der Waals surface area (Å²) >= 11 is 0. The van der Waals surface area contributed by atoms with E-state index in [0.717, 1.165) is 18.7 Å². The SMILES string of the molecule is Cc1cc(-c2cc(C(=O)NCC(C)N3CCCCC3)[nH]n2)ccc1F. The van der Waals surface area contributed by atoms with Gasteiger partial charge in [0.2, 0.25) is 0 Å². The summed E-state index contributed by atoms with van der Waals surface area (Å²) in [5.41, 5.74) is 2.40. The second kappa shape index (κ2) is 7.78. The average Bonchev–Trinajstić information content (AvgIpc) is 3.12. The molecule has 1 aromatic carbocycles. The van der Waals surface area contributed by atoms with Crippen LogP contribution in [0.1, 0.15) is 42.2 Å². The topological polar surface area (TPSA) is 61.0 Å². The second-order valence-corrected chi connectivity index (χ2v) is 6.79. The molecule has 1 aliphatic heterocycles. The minimum atomic E-state index is -0.246. The van der Waals surface area contributed by atoms with Crippen molar-refractivity contribution in [3.63, 3.8) is 0 Å². The molecular formula is C19H25FN4O. The summed E-state index contributed by atoms with van der Waals surface area (Å²) in [6.07, 6.45) is 3.77. The molecule has 1 unspecified atom stereocenters. The van der Waals surface area contributed by atoms with Crippen LogP contribution >= 0.6 is 0 Å². The largest absolute Gasteiger partial charge is 0.349 e. The van der Waals surface area contributed by atoms with E-state index < -0.39 is 0 Å². The third-order valence-corrected chi connectivity index (χ3v) is 4.85. The lowest BCUT2D eigenvalue weighted by atomic mass is 10.1. The number of nitrogens with zero attached hydrogens (tertiary/aromatic N) is 2. The lowest BCUT2D eigenvalue weighted by Gasteiger charge is -2.32. The highest BCUT2D eigenvalue weighted by molar-refractivity contribution is 5.93. The number of piperidine rings is 1. The summed E-state index contributed by atoms with van der Waals surface area (Å²) in [5.74, 6) is -0.412. The Bertz CT molecular complexity index is 737. The van der Waals surface area contributed by atoms with Gasteiger partial charge in [0, 0.05) is 18.2 Å². The maximum atomic E-state index is 13.4. The number of halogens is 1. The quantitative estimate of drug-likeness (QED) is 0.876. The van der Waals surface area contributed by atoms with Crippen LogP contribution in [-0.4, -0.2) is 46.7 Å². The molecule has 1 aromatic heterocycles. The van der Waals surface area contributed by atoms with Crippen LogP contribution in [0.25, 0.3) is 11.3 Å². The molecule has 1 fully saturated rings. The normalized spacial score (nSPS) is 16.6. The number of carbonyl (C=O) groups is 1. The molecule has 6 heteroatoms. The Kier molecular flexibility index (Phi) is 5.48. The van der Waals surface area contributed by atoms with E-state index >= 15 is 0 Å². The monoisotopic (exact) mass is 344 g/mol. The van der Waals surface area contributed by atoms with E-state index in [1.807, 2.05) is 0 Å². The number of aromatic nitrogens is 2. The van der Waals surface area contributed by atoms with Gasteiger partial charge in [-0.2, -0.15) is 5.10 Å². The Balaban J connectivity index is 1.59. The van der Waals surface area contributed by atoms with Gasteiger partial charge in [-0.15, -0.1) is 0 Å². The van der Waals surface area contributed by atoms with Crippen LogP contribution in [0.2, 0.25) is 0 Å². The van der Waals surface area contributed by atoms with Gasteiger partial charge in [0.05, 0.1) is 5.69 Å². The van der Waals surface area contributed by atoms with E-state index in [4.69, 9.17) is 0 Å². The number of carbonyl (C=O) groups excluding carboxylic acids is 1. The minimum absolute atomic E-state index is 0.165. The molecule has 1 atom stereocenters. The smallest absolute Gasteiger partial charge is 0.269 e. The minimum Gasteiger partial charge on any atom is -0.349 e. The number of amides is 1. The Morgan fingerprint density at radius 1 is 1.32 bits per heavy atom. The summed E-state index contributed by atoms with van der Waals surface area (Å²) in [6, 6.07) is 6.84. The van der Waals surface area contributed by atoms with Gasteiger partial charge < -0.3 is 5.32 Å². The van der Waals surface area contributed by atoms with Crippen molar-refractivity contribution in [1.29, 1.82) is 0 Å². The molecular weight excluding hydrogens is 319 g/mol. The highest BCUT2D eigenvalue weighted by atomic mass is 19.1. The lowest BCUT2D eigenvalue weighted by molar-refractivity contribution is 0.0925. The van der Waals surface area contributed by atoms with E-state index in [-0.39, 0.29) is 11.7 Å². The maximum Gasteiger partial charge on any atom is 0.269 e. The molecule has 1 saturated heterocycles. The number of rotatable bonds is 5. The molecule has 2 heterocycles. The predicted molar refractivity (Wildman–Crippen MR) is 95.9 cm³/mol. The lowest BCUT2D eigenvalue weighted by Crippen LogP contribution is -2.44. The summed E-state index contributed by atoms with van der Waals surface area (Å²) in [7, 11) is 0. The number of H-pyrrole nitrogens is 1. The first-order valence-corrected chi connectivity index (χ1v) is 8.89. The number of nitrogens with one attached hydrogen (secondary N) is 2. The molecule has 1 aliphatic rings.